The Labute approximate surface area is 152 Å². The number of Topliss-reactive ketones (excluding diaryl/α,β-unsaturated/α-hetero) is 1. The Morgan fingerprint density at radius 1 is 1.08 bits per heavy atom. The number of halogens is 1. The molecule has 25 heavy (non-hydrogen) atoms. The largest absolute Gasteiger partial charge is 0.357 e. The summed E-state index contributed by atoms with van der Waals surface area (Å²) < 4.78 is 0. The zero-order valence-corrected chi connectivity index (χ0v) is 14.6. The molecule has 1 aliphatic rings. The van der Waals surface area contributed by atoms with Crippen molar-refractivity contribution >= 4 is 18.2 Å². The Morgan fingerprint density at radius 3 is 2.52 bits per heavy atom. The number of pyridine rings is 1. The highest BCUT2D eigenvalue weighted by molar-refractivity contribution is 6.02. The van der Waals surface area contributed by atoms with E-state index in [9.17, 15) is 4.79 Å². The molecule has 4 rings (SSSR count). The van der Waals surface area contributed by atoms with Crippen LogP contribution in [-0.4, -0.2) is 21.8 Å². The number of H-pyrrole nitrogens is 1. The number of carbonyl (C=O) groups excluding carboxylic acids is 1. The molecule has 0 radical (unpaired) electrons. The van der Waals surface area contributed by atoms with Gasteiger partial charge in [-0.15, -0.1) is 12.4 Å². The molecule has 128 valence electrons. The first-order valence-corrected chi connectivity index (χ1v) is 8.19. The molecule has 0 fully saturated rings. The van der Waals surface area contributed by atoms with Crippen LogP contribution in [0.4, 0.5) is 0 Å². The van der Waals surface area contributed by atoms with Crippen LogP contribution in [0.25, 0.3) is 11.3 Å². The van der Waals surface area contributed by atoms with Crippen LogP contribution in [-0.2, 0) is 12.8 Å². The van der Waals surface area contributed by atoms with E-state index in [0.29, 0.717) is 12.8 Å². The molecule has 0 amide bonds. The average molecular weight is 354 g/mol. The second-order valence-electron chi connectivity index (χ2n) is 6.32. The summed E-state index contributed by atoms with van der Waals surface area (Å²) in [5.74, 6) is 0.145. The van der Waals surface area contributed by atoms with Crippen molar-refractivity contribution in [2.75, 3.05) is 0 Å². The number of hydrogen-bond acceptors (Lipinski definition) is 3. The van der Waals surface area contributed by atoms with Crippen molar-refractivity contribution in [3.8, 4) is 11.3 Å². The van der Waals surface area contributed by atoms with Gasteiger partial charge in [0.2, 0.25) is 0 Å². The zero-order chi connectivity index (χ0) is 16.5. The summed E-state index contributed by atoms with van der Waals surface area (Å²) in [6.07, 6.45) is 5.41. The summed E-state index contributed by atoms with van der Waals surface area (Å²) in [6.45, 7) is 0. The highest BCUT2D eigenvalue weighted by atomic mass is 35.5. The number of hydrogen-bond donors (Lipinski definition) is 2. The maximum Gasteiger partial charge on any atom is 0.166 e. The van der Waals surface area contributed by atoms with Gasteiger partial charge >= 0.3 is 0 Å². The number of nitrogens with two attached hydrogens (primary N) is 1. The van der Waals surface area contributed by atoms with Crippen molar-refractivity contribution in [3.05, 3.63) is 77.2 Å². The molecule has 0 aliphatic heterocycles. The molecule has 3 aromatic rings. The molecule has 2 aromatic heterocycles. The molecular weight excluding hydrogens is 334 g/mol. The van der Waals surface area contributed by atoms with Gasteiger partial charge in [-0.2, -0.15) is 0 Å². The van der Waals surface area contributed by atoms with E-state index in [0.717, 1.165) is 34.5 Å². The molecule has 2 heterocycles. The van der Waals surface area contributed by atoms with Gasteiger partial charge in [-0.1, -0.05) is 30.3 Å². The van der Waals surface area contributed by atoms with E-state index in [1.165, 1.54) is 5.56 Å². The van der Waals surface area contributed by atoms with Crippen LogP contribution in [0, 0.1) is 0 Å². The molecular formula is C20H20ClN3O. The maximum atomic E-state index is 12.6. The minimum Gasteiger partial charge on any atom is -0.357 e. The SMILES string of the molecule is Cl.NC1CC(=O)c2c([nH]c(-c3ccncc3)c2Cc2ccccc2)C1. The van der Waals surface area contributed by atoms with Crippen LogP contribution < -0.4 is 5.73 Å². The van der Waals surface area contributed by atoms with E-state index in [4.69, 9.17) is 5.73 Å². The number of aromatic nitrogens is 2. The summed E-state index contributed by atoms with van der Waals surface area (Å²) in [5, 5.41) is 0. The molecule has 3 N–H and O–H groups in total. The molecule has 0 saturated heterocycles. The number of nitrogens with zero attached hydrogens (tertiary/aromatic N) is 1. The zero-order valence-electron chi connectivity index (χ0n) is 13.7. The van der Waals surface area contributed by atoms with E-state index in [1.807, 2.05) is 30.3 Å². The lowest BCUT2D eigenvalue weighted by atomic mass is 9.88. The average Bonchev–Trinajstić information content (AvgIpc) is 2.95. The van der Waals surface area contributed by atoms with E-state index in [-0.39, 0.29) is 24.2 Å². The molecule has 1 aliphatic carbocycles. The van der Waals surface area contributed by atoms with Gasteiger partial charge in [-0.3, -0.25) is 9.78 Å². The first-order chi connectivity index (χ1) is 11.7. The van der Waals surface area contributed by atoms with Gasteiger partial charge in [0.05, 0.1) is 5.69 Å². The quantitative estimate of drug-likeness (QED) is 0.756. The van der Waals surface area contributed by atoms with E-state index in [1.54, 1.807) is 12.4 Å². The third kappa shape index (κ3) is 3.36. The van der Waals surface area contributed by atoms with Crippen molar-refractivity contribution in [1.82, 2.24) is 9.97 Å². The number of fused-ring (bicyclic) bond motifs is 1. The third-order valence-electron chi connectivity index (χ3n) is 4.57. The Hall–Kier alpha value is -2.43. The molecule has 5 heteroatoms. The number of aromatic amines is 1. The molecule has 0 bridgehead atoms. The predicted octanol–water partition coefficient (Wildman–Crippen LogP) is 3.55. The number of ketones is 1. The van der Waals surface area contributed by atoms with Crippen molar-refractivity contribution in [3.63, 3.8) is 0 Å². The highest BCUT2D eigenvalue weighted by Gasteiger charge is 2.29. The Bertz CT molecular complexity index is 875. The van der Waals surface area contributed by atoms with Crippen LogP contribution in [0.5, 0.6) is 0 Å². The topological polar surface area (TPSA) is 71.8 Å². The summed E-state index contributed by atoms with van der Waals surface area (Å²) >= 11 is 0. The van der Waals surface area contributed by atoms with Crippen LogP contribution in [0.1, 0.15) is 33.6 Å². The second kappa shape index (κ2) is 7.21. The smallest absolute Gasteiger partial charge is 0.166 e. The van der Waals surface area contributed by atoms with Gasteiger partial charge in [-0.25, -0.2) is 0 Å². The van der Waals surface area contributed by atoms with Gasteiger partial charge in [0.1, 0.15) is 0 Å². The van der Waals surface area contributed by atoms with E-state index < -0.39 is 0 Å². The number of rotatable bonds is 3. The Kier molecular flexibility index (Phi) is 5.02. The lowest BCUT2D eigenvalue weighted by molar-refractivity contribution is 0.0964. The second-order valence-corrected chi connectivity index (χ2v) is 6.32. The first-order valence-electron chi connectivity index (χ1n) is 8.19. The highest BCUT2D eigenvalue weighted by Crippen LogP contribution is 2.34. The standard InChI is InChI=1S/C20H19N3O.ClH/c21-15-11-17-19(18(24)12-15)16(10-13-4-2-1-3-5-13)20(23-17)14-6-8-22-9-7-14;/h1-9,15,23H,10-12,21H2;1H. The van der Waals surface area contributed by atoms with E-state index >= 15 is 0 Å². The lowest BCUT2D eigenvalue weighted by Gasteiger charge is -2.18. The molecule has 1 unspecified atom stereocenters. The van der Waals surface area contributed by atoms with Crippen LogP contribution in [0.15, 0.2) is 54.9 Å². The lowest BCUT2D eigenvalue weighted by Crippen LogP contribution is -2.31. The molecule has 4 nitrogen and oxygen atoms in total. The third-order valence-corrected chi connectivity index (χ3v) is 4.57. The van der Waals surface area contributed by atoms with Gasteiger partial charge in [0.25, 0.3) is 0 Å². The van der Waals surface area contributed by atoms with Gasteiger partial charge in [-0.05, 0) is 23.3 Å². The van der Waals surface area contributed by atoms with Crippen LogP contribution in [0.2, 0.25) is 0 Å². The summed E-state index contributed by atoms with van der Waals surface area (Å²) in [6, 6.07) is 14.1. The predicted molar refractivity (Wildman–Crippen MR) is 101 cm³/mol. The van der Waals surface area contributed by atoms with Crippen molar-refractivity contribution in [1.29, 1.82) is 0 Å². The fraction of sp³-hybridized carbons (Fsp3) is 0.200. The molecule has 0 spiro atoms. The first kappa shape index (κ1) is 17.4. The number of nitrogens with one attached hydrogen (secondary N) is 1. The summed E-state index contributed by atoms with van der Waals surface area (Å²) in [7, 11) is 0. The summed E-state index contributed by atoms with van der Waals surface area (Å²) in [4.78, 5) is 20.2. The summed E-state index contributed by atoms with van der Waals surface area (Å²) in [5.41, 5.74) is 12.2. The van der Waals surface area contributed by atoms with Crippen LogP contribution >= 0.6 is 12.4 Å². The maximum absolute atomic E-state index is 12.6. The molecule has 0 saturated carbocycles. The molecule has 1 atom stereocenters. The van der Waals surface area contributed by atoms with Crippen molar-refractivity contribution in [2.45, 2.75) is 25.3 Å². The number of carbonyl (C=O) groups is 1. The molecule has 1 aromatic carbocycles. The Balaban J connectivity index is 0.00000182. The minimum absolute atomic E-state index is 0. The fourth-order valence-electron chi connectivity index (χ4n) is 3.50. The minimum atomic E-state index is -0.0986. The van der Waals surface area contributed by atoms with Crippen molar-refractivity contribution in [2.24, 2.45) is 5.73 Å². The van der Waals surface area contributed by atoms with Gasteiger partial charge in [0.15, 0.2) is 5.78 Å². The fourth-order valence-corrected chi connectivity index (χ4v) is 3.50. The van der Waals surface area contributed by atoms with Crippen molar-refractivity contribution < 1.29 is 4.79 Å². The normalized spacial score (nSPS) is 16.2. The van der Waals surface area contributed by atoms with Gasteiger partial charge < -0.3 is 10.7 Å². The monoisotopic (exact) mass is 353 g/mol. The van der Waals surface area contributed by atoms with Gasteiger partial charge in [0, 0.05) is 54.5 Å². The van der Waals surface area contributed by atoms with Crippen LogP contribution in [0.3, 0.4) is 0 Å². The van der Waals surface area contributed by atoms with E-state index in [2.05, 4.69) is 22.1 Å². The number of benzene rings is 1. The Morgan fingerprint density at radius 2 is 1.80 bits per heavy atom.